The van der Waals surface area contributed by atoms with Gasteiger partial charge in [-0.05, 0) is 36.6 Å². The van der Waals surface area contributed by atoms with E-state index in [0.29, 0.717) is 18.0 Å². The van der Waals surface area contributed by atoms with E-state index in [4.69, 9.17) is 4.74 Å². The summed E-state index contributed by atoms with van der Waals surface area (Å²) in [5, 5.41) is 9.89. The topological polar surface area (TPSA) is 49.8 Å². The molecule has 104 valence electrons. The lowest BCUT2D eigenvalue weighted by Gasteiger charge is -2.34. The van der Waals surface area contributed by atoms with E-state index in [1.165, 1.54) is 7.11 Å². The molecule has 0 radical (unpaired) electrons. The first-order chi connectivity index (χ1) is 9.10. The van der Waals surface area contributed by atoms with E-state index in [1.54, 1.807) is 6.07 Å². The Morgan fingerprint density at radius 2 is 2.32 bits per heavy atom. The molecule has 2 rings (SSSR count). The van der Waals surface area contributed by atoms with Crippen LogP contribution >= 0.6 is 0 Å². The molecular formula is C15H21NO3. The number of carbonyl (C=O) groups excluding carboxylic acids is 1. The monoisotopic (exact) mass is 263 g/mol. The third kappa shape index (κ3) is 3.55. The number of ether oxygens (including phenoxy) is 1. The molecule has 2 unspecified atom stereocenters. The van der Waals surface area contributed by atoms with Gasteiger partial charge in [0.1, 0.15) is 0 Å². The maximum Gasteiger partial charge on any atom is 0.337 e. The van der Waals surface area contributed by atoms with Crippen molar-refractivity contribution in [2.45, 2.75) is 26.0 Å². The number of esters is 1. The Labute approximate surface area is 114 Å². The third-order valence-electron chi connectivity index (χ3n) is 3.76. The number of hydrogen-bond donors (Lipinski definition) is 1. The Kier molecular flexibility index (Phi) is 4.56. The second kappa shape index (κ2) is 6.17. The summed E-state index contributed by atoms with van der Waals surface area (Å²) in [6, 6.07) is 7.47. The molecule has 0 aliphatic carbocycles. The molecule has 4 heteroatoms. The lowest BCUT2D eigenvalue weighted by molar-refractivity contribution is 0.0259. The van der Waals surface area contributed by atoms with Gasteiger partial charge in [0, 0.05) is 13.1 Å². The normalized spacial score (nSPS) is 24.2. The minimum Gasteiger partial charge on any atom is -0.465 e. The van der Waals surface area contributed by atoms with Gasteiger partial charge in [0.05, 0.1) is 18.8 Å². The highest BCUT2D eigenvalue weighted by Gasteiger charge is 2.24. The standard InChI is InChI=1S/C15H21NO3/c1-11-6-7-16(10-14(11)17)9-12-4-3-5-13(8-12)15(18)19-2/h3-5,8,11,14,17H,6-7,9-10H2,1-2H3. The summed E-state index contributed by atoms with van der Waals surface area (Å²) < 4.78 is 4.72. The molecule has 1 heterocycles. The lowest BCUT2D eigenvalue weighted by Crippen LogP contribution is -2.42. The molecule has 1 N–H and O–H groups in total. The minimum absolute atomic E-state index is 0.252. The van der Waals surface area contributed by atoms with Crippen molar-refractivity contribution in [2.24, 2.45) is 5.92 Å². The molecule has 4 nitrogen and oxygen atoms in total. The summed E-state index contributed by atoms with van der Waals surface area (Å²) in [5.41, 5.74) is 1.65. The number of carbonyl (C=O) groups is 1. The van der Waals surface area contributed by atoms with Gasteiger partial charge in [0.15, 0.2) is 0 Å². The van der Waals surface area contributed by atoms with Crippen LogP contribution in [-0.2, 0) is 11.3 Å². The summed E-state index contributed by atoms with van der Waals surface area (Å²) in [4.78, 5) is 13.7. The van der Waals surface area contributed by atoms with Gasteiger partial charge in [0.25, 0.3) is 0 Å². The molecule has 1 aliphatic rings. The molecule has 1 aromatic carbocycles. The van der Waals surface area contributed by atoms with Crippen molar-refractivity contribution in [3.05, 3.63) is 35.4 Å². The fraction of sp³-hybridized carbons (Fsp3) is 0.533. The fourth-order valence-electron chi connectivity index (χ4n) is 2.43. The SMILES string of the molecule is COC(=O)c1cccc(CN2CCC(C)C(O)C2)c1. The highest BCUT2D eigenvalue weighted by atomic mass is 16.5. The number of nitrogens with zero attached hydrogens (tertiary/aromatic N) is 1. The molecule has 1 saturated heterocycles. The van der Waals surface area contributed by atoms with Crippen LogP contribution in [0.15, 0.2) is 24.3 Å². The Balaban J connectivity index is 2.01. The molecule has 1 fully saturated rings. The van der Waals surface area contributed by atoms with E-state index in [-0.39, 0.29) is 12.1 Å². The van der Waals surface area contributed by atoms with Gasteiger partial charge in [-0.1, -0.05) is 19.1 Å². The van der Waals surface area contributed by atoms with Gasteiger partial charge in [-0.25, -0.2) is 4.79 Å². The zero-order chi connectivity index (χ0) is 13.8. The van der Waals surface area contributed by atoms with Gasteiger partial charge in [-0.3, -0.25) is 4.90 Å². The first kappa shape index (κ1) is 14.0. The average Bonchev–Trinajstić information content (AvgIpc) is 2.42. The van der Waals surface area contributed by atoms with Crippen molar-refractivity contribution < 1.29 is 14.6 Å². The van der Waals surface area contributed by atoms with Crippen molar-refractivity contribution in [1.82, 2.24) is 4.90 Å². The zero-order valence-corrected chi connectivity index (χ0v) is 11.5. The van der Waals surface area contributed by atoms with Crippen molar-refractivity contribution in [3.8, 4) is 0 Å². The number of likely N-dealkylation sites (tertiary alicyclic amines) is 1. The Hall–Kier alpha value is -1.39. The molecule has 2 atom stereocenters. The van der Waals surface area contributed by atoms with Crippen LogP contribution in [0.3, 0.4) is 0 Å². The predicted octanol–water partition coefficient (Wildman–Crippen LogP) is 1.68. The highest BCUT2D eigenvalue weighted by Crippen LogP contribution is 2.19. The average molecular weight is 263 g/mol. The highest BCUT2D eigenvalue weighted by molar-refractivity contribution is 5.89. The van der Waals surface area contributed by atoms with Crippen LogP contribution in [-0.4, -0.2) is 42.3 Å². The van der Waals surface area contributed by atoms with Crippen LogP contribution in [0, 0.1) is 5.92 Å². The summed E-state index contributed by atoms with van der Waals surface area (Å²) in [6.07, 6.45) is 0.759. The number of methoxy groups -OCH3 is 1. The van der Waals surface area contributed by atoms with E-state index in [2.05, 4.69) is 11.8 Å². The predicted molar refractivity (Wildman–Crippen MR) is 72.8 cm³/mol. The van der Waals surface area contributed by atoms with E-state index >= 15 is 0 Å². The number of benzene rings is 1. The molecule has 0 bridgehead atoms. The van der Waals surface area contributed by atoms with Crippen molar-refractivity contribution in [1.29, 1.82) is 0 Å². The lowest BCUT2D eigenvalue weighted by atomic mass is 9.95. The quantitative estimate of drug-likeness (QED) is 0.843. The minimum atomic E-state index is -0.311. The smallest absolute Gasteiger partial charge is 0.337 e. The molecule has 1 aliphatic heterocycles. The summed E-state index contributed by atoms with van der Waals surface area (Å²) in [6.45, 7) is 4.53. The summed E-state index contributed by atoms with van der Waals surface area (Å²) >= 11 is 0. The largest absolute Gasteiger partial charge is 0.465 e. The molecule has 1 aromatic rings. The number of hydrogen-bond acceptors (Lipinski definition) is 4. The van der Waals surface area contributed by atoms with E-state index in [1.807, 2.05) is 18.2 Å². The van der Waals surface area contributed by atoms with Crippen molar-refractivity contribution in [2.75, 3.05) is 20.2 Å². The molecule has 19 heavy (non-hydrogen) atoms. The first-order valence-electron chi connectivity index (χ1n) is 6.68. The Morgan fingerprint density at radius 1 is 1.53 bits per heavy atom. The number of aliphatic hydroxyl groups is 1. The zero-order valence-electron chi connectivity index (χ0n) is 11.5. The number of piperidine rings is 1. The van der Waals surface area contributed by atoms with Gasteiger partial charge in [0.2, 0.25) is 0 Å². The molecule has 0 aromatic heterocycles. The molecule has 0 spiro atoms. The van der Waals surface area contributed by atoms with Crippen LogP contribution in [0.2, 0.25) is 0 Å². The maximum absolute atomic E-state index is 11.5. The van der Waals surface area contributed by atoms with E-state index < -0.39 is 0 Å². The number of rotatable bonds is 3. The van der Waals surface area contributed by atoms with Crippen molar-refractivity contribution >= 4 is 5.97 Å². The fourth-order valence-corrected chi connectivity index (χ4v) is 2.43. The van der Waals surface area contributed by atoms with Gasteiger partial charge >= 0.3 is 5.97 Å². The van der Waals surface area contributed by atoms with Crippen molar-refractivity contribution in [3.63, 3.8) is 0 Å². The number of β-amino-alcohol motifs (C(OH)–C–C–N with tert-alkyl or cyclic N) is 1. The second-order valence-electron chi connectivity index (χ2n) is 5.26. The van der Waals surface area contributed by atoms with Crippen LogP contribution in [0.5, 0.6) is 0 Å². The Morgan fingerprint density at radius 3 is 3.00 bits per heavy atom. The second-order valence-corrected chi connectivity index (χ2v) is 5.26. The molecular weight excluding hydrogens is 242 g/mol. The van der Waals surface area contributed by atoms with Crippen LogP contribution in [0.1, 0.15) is 29.3 Å². The van der Waals surface area contributed by atoms with E-state index in [9.17, 15) is 9.90 Å². The molecule has 0 amide bonds. The van der Waals surface area contributed by atoms with Gasteiger partial charge in [-0.2, -0.15) is 0 Å². The van der Waals surface area contributed by atoms with Gasteiger partial charge < -0.3 is 9.84 Å². The first-order valence-corrected chi connectivity index (χ1v) is 6.68. The van der Waals surface area contributed by atoms with Crippen LogP contribution in [0.4, 0.5) is 0 Å². The maximum atomic E-state index is 11.5. The summed E-state index contributed by atoms with van der Waals surface area (Å²) in [7, 11) is 1.39. The van der Waals surface area contributed by atoms with E-state index in [0.717, 1.165) is 25.1 Å². The van der Waals surface area contributed by atoms with Crippen LogP contribution in [0.25, 0.3) is 0 Å². The Bertz CT molecular complexity index is 447. The number of aliphatic hydroxyl groups excluding tert-OH is 1. The molecule has 0 saturated carbocycles. The summed E-state index contributed by atoms with van der Waals surface area (Å²) in [5.74, 6) is 0.0619. The van der Waals surface area contributed by atoms with Gasteiger partial charge in [-0.15, -0.1) is 0 Å². The van der Waals surface area contributed by atoms with Crippen LogP contribution < -0.4 is 0 Å². The third-order valence-corrected chi connectivity index (χ3v) is 3.76.